The van der Waals surface area contributed by atoms with Crippen molar-refractivity contribution in [3.63, 3.8) is 0 Å². The number of aromatic nitrogens is 2. The molecule has 8 rings (SSSR count). The monoisotopic (exact) mass is 632 g/mol. The largest absolute Gasteiger partial charge is 0.436 e. The maximum absolute atomic E-state index is 6.58. The van der Waals surface area contributed by atoms with E-state index in [0.717, 1.165) is 62.9 Å². The van der Waals surface area contributed by atoms with Crippen LogP contribution in [-0.4, -0.2) is 9.97 Å². The van der Waals surface area contributed by atoms with Gasteiger partial charge < -0.3 is 4.42 Å². The first-order valence-electron chi connectivity index (χ1n) is 17.0. The Kier molecular flexibility index (Phi) is 8.17. The van der Waals surface area contributed by atoms with Crippen LogP contribution in [0.25, 0.3) is 78.2 Å². The zero-order valence-electron chi connectivity index (χ0n) is 27.7. The molecule has 0 amide bonds. The summed E-state index contributed by atoms with van der Waals surface area (Å²) in [5.74, 6) is 0.599. The molecule has 0 bridgehead atoms. The van der Waals surface area contributed by atoms with Crippen molar-refractivity contribution in [1.82, 2.24) is 9.97 Å². The minimum absolute atomic E-state index is 0.599. The summed E-state index contributed by atoms with van der Waals surface area (Å²) in [5, 5.41) is 0. The van der Waals surface area contributed by atoms with Gasteiger partial charge in [0.1, 0.15) is 5.52 Å². The van der Waals surface area contributed by atoms with Crippen LogP contribution < -0.4 is 0 Å². The summed E-state index contributed by atoms with van der Waals surface area (Å²) in [4.78, 5) is 9.40. The molecule has 0 radical (unpaired) electrons. The molecule has 0 saturated heterocycles. The summed E-state index contributed by atoms with van der Waals surface area (Å²) in [5.41, 5.74) is 16.5. The van der Waals surface area contributed by atoms with Crippen LogP contribution in [0.2, 0.25) is 0 Å². The van der Waals surface area contributed by atoms with Gasteiger partial charge in [-0.25, -0.2) is 4.98 Å². The Morgan fingerprint density at radius 2 is 0.959 bits per heavy atom. The van der Waals surface area contributed by atoms with E-state index in [-0.39, 0.29) is 0 Å². The Morgan fingerprint density at radius 3 is 1.55 bits per heavy atom. The van der Waals surface area contributed by atoms with Gasteiger partial charge in [-0.2, -0.15) is 0 Å². The third-order valence-electron chi connectivity index (χ3n) is 9.38. The van der Waals surface area contributed by atoms with Crippen LogP contribution >= 0.6 is 0 Å². The molecule has 0 spiro atoms. The van der Waals surface area contributed by atoms with Crippen LogP contribution in [0.3, 0.4) is 0 Å². The van der Waals surface area contributed by atoms with E-state index in [1.54, 1.807) is 6.20 Å². The number of benzene rings is 6. The molecular formula is C46H36N2O. The summed E-state index contributed by atoms with van der Waals surface area (Å²) >= 11 is 0. The second kappa shape index (κ2) is 13.2. The summed E-state index contributed by atoms with van der Waals surface area (Å²) < 4.78 is 6.58. The Hall–Kier alpha value is -6.06. The van der Waals surface area contributed by atoms with E-state index in [1.807, 2.05) is 12.3 Å². The van der Waals surface area contributed by atoms with E-state index in [1.165, 1.54) is 33.4 Å². The SMILES string of the molecule is CCc1ccc(-c2cccc(-c3cc(-c4cccc(-c5ccc(CC)cc5)c4)c4nc(-c5ccc(-c6cccnc6)cc5)oc4c3)c2)cc1. The third kappa shape index (κ3) is 6.19. The molecule has 6 aromatic carbocycles. The molecule has 0 unspecified atom stereocenters. The highest BCUT2D eigenvalue weighted by Gasteiger charge is 2.17. The van der Waals surface area contributed by atoms with E-state index in [9.17, 15) is 0 Å². The van der Waals surface area contributed by atoms with Crippen molar-refractivity contribution in [2.24, 2.45) is 0 Å². The Bertz CT molecular complexity index is 2370. The number of nitrogens with zero attached hydrogens (tertiary/aromatic N) is 2. The number of rotatable bonds is 8. The van der Waals surface area contributed by atoms with Crippen molar-refractivity contribution in [2.75, 3.05) is 0 Å². The number of hydrogen-bond acceptors (Lipinski definition) is 3. The smallest absolute Gasteiger partial charge is 0.227 e. The van der Waals surface area contributed by atoms with Gasteiger partial charge in [-0.1, -0.05) is 117 Å². The molecule has 49 heavy (non-hydrogen) atoms. The minimum Gasteiger partial charge on any atom is -0.436 e. The first-order valence-corrected chi connectivity index (χ1v) is 17.0. The first kappa shape index (κ1) is 30.3. The lowest BCUT2D eigenvalue weighted by Gasteiger charge is -2.11. The van der Waals surface area contributed by atoms with Gasteiger partial charge in [0, 0.05) is 23.5 Å². The Balaban J connectivity index is 1.25. The van der Waals surface area contributed by atoms with Crippen molar-refractivity contribution in [3.05, 3.63) is 169 Å². The number of hydrogen-bond donors (Lipinski definition) is 0. The molecule has 0 aliphatic rings. The lowest BCUT2D eigenvalue weighted by Crippen LogP contribution is -1.88. The van der Waals surface area contributed by atoms with Crippen molar-refractivity contribution >= 4 is 11.1 Å². The lowest BCUT2D eigenvalue weighted by atomic mass is 9.93. The molecule has 2 aromatic heterocycles. The molecule has 3 heteroatoms. The molecule has 0 fully saturated rings. The zero-order valence-corrected chi connectivity index (χ0v) is 27.7. The molecule has 0 aliphatic carbocycles. The second-order valence-electron chi connectivity index (χ2n) is 12.5. The van der Waals surface area contributed by atoms with Crippen molar-refractivity contribution in [1.29, 1.82) is 0 Å². The van der Waals surface area contributed by atoms with Gasteiger partial charge in [0.2, 0.25) is 5.89 Å². The van der Waals surface area contributed by atoms with Crippen LogP contribution in [0, 0.1) is 0 Å². The topological polar surface area (TPSA) is 38.9 Å². The van der Waals surface area contributed by atoms with Gasteiger partial charge in [0.25, 0.3) is 0 Å². The standard InChI is InChI=1S/C46H36N2O/c1-3-31-13-17-33(18-14-31)37-8-5-10-39(26-37)42-28-43(40-11-6-9-38(27-40)34-19-15-32(4-2)16-20-34)45-44(29-42)49-46(48-45)36-23-21-35(22-24-36)41-12-7-25-47-30-41/h5-30H,3-4H2,1-2H3. The molecule has 2 heterocycles. The average molecular weight is 633 g/mol. The number of fused-ring (bicyclic) bond motifs is 1. The zero-order chi connectivity index (χ0) is 33.2. The van der Waals surface area contributed by atoms with E-state index in [2.05, 4.69) is 158 Å². The predicted octanol–water partition coefficient (Wildman–Crippen LogP) is 12.3. The van der Waals surface area contributed by atoms with Crippen LogP contribution in [0.15, 0.2) is 162 Å². The fraction of sp³-hybridized carbons (Fsp3) is 0.0870. The molecule has 8 aromatic rings. The van der Waals surface area contributed by atoms with Crippen molar-refractivity contribution in [2.45, 2.75) is 26.7 Å². The number of aryl methyl sites for hydroxylation is 2. The molecule has 236 valence electrons. The van der Waals surface area contributed by atoms with Gasteiger partial charge in [0.05, 0.1) is 0 Å². The van der Waals surface area contributed by atoms with Crippen molar-refractivity contribution in [3.8, 4) is 67.1 Å². The molecule has 0 saturated carbocycles. The van der Waals surface area contributed by atoms with E-state index in [4.69, 9.17) is 9.40 Å². The van der Waals surface area contributed by atoms with Crippen LogP contribution in [0.1, 0.15) is 25.0 Å². The fourth-order valence-corrected chi connectivity index (χ4v) is 6.49. The van der Waals surface area contributed by atoms with E-state index in [0.29, 0.717) is 5.89 Å². The quantitative estimate of drug-likeness (QED) is 0.167. The van der Waals surface area contributed by atoms with Gasteiger partial charge in [-0.05, 0) is 117 Å². The highest BCUT2D eigenvalue weighted by molar-refractivity contribution is 5.97. The summed E-state index contributed by atoms with van der Waals surface area (Å²) in [6.45, 7) is 4.38. The van der Waals surface area contributed by atoms with Gasteiger partial charge >= 0.3 is 0 Å². The van der Waals surface area contributed by atoms with E-state index < -0.39 is 0 Å². The van der Waals surface area contributed by atoms with Gasteiger partial charge in [-0.15, -0.1) is 0 Å². The Labute approximate surface area is 287 Å². The average Bonchev–Trinajstić information content (AvgIpc) is 3.63. The summed E-state index contributed by atoms with van der Waals surface area (Å²) in [6, 6.07) is 52.0. The van der Waals surface area contributed by atoms with Crippen LogP contribution in [0.4, 0.5) is 0 Å². The number of pyridine rings is 1. The first-order chi connectivity index (χ1) is 24.1. The molecule has 0 aliphatic heterocycles. The maximum atomic E-state index is 6.58. The normalized spacial score (nSPS) is 11.2. The summed E-state index contributed by atoms with van der Waals surface area (Å²) in [6.07, 6.45) is 5.72. The molecule has 0 N–H and O–H groups in total. The highest BCUT2D eigenvalue weighted by atomic mass is 16.3. The maximum Gasteiger partial charge on any atom is 0.227 e. The lowest BCUT2D eigenvalue weighted by molar-refractivity contribution is 0.620. The molecule has 0 atom stereocenters. The van der Waals surface area contributed by atoms with Gasteiger partial charge in [-0.3, -0.25) is 4.98 Å². The Morgan fingerprint density at radius 1 is 0.449 bits per heavy atom. The van der Waals surface area contributed by atoms with Crippen LogP contribution in [0.5, 0.6) is 0 Å². The fourth-order valence-electron chi connectivity index (χ4n) is 6.49. The van der Waals surface area contributed by atoms with Gasteiger partial charge in [0.15, 0.2) is 5.58 Å². The van der Waals surface area contributed by atoms with E-state index >= 15 is 0 Å². The summed E-state index contributed by atoms with van der Waals surface area (Å²) in [7, 11) is 0. The van der Waals surface area contributed by atoms with Crippen LogP contribution in [-0.2, 0) is 12.8 Å². The number of oxazole rings is 1. The van der Waals surface area contributed by atoms with Crippen molar-refractivity contribution < 1.29 is 4.42 Å². The predicted molar refractivity (Wildman–Crippen MR) is 203 cm³/mol. The highest BCUT2D eigenvalue weighted by Crippen LogP contribution is 2.39. The minimum atomic E-state index is 0.599. The third-order valence-corrected chi connectivity index (χ3v) is 9.38. The second-order valence-corrected chi connectivity index (χ2v) is 12.5. The molecule has 3 nitrogen and oxygen atoms in total. The molecular weight excluding hydrogens is 597 g/mol.